The van der Waals surface area contributed by atoms with Crippen molar-refractivity contribution in [2.45, 2.75) is 12.8 Å². The zero-order chi connectivity index (χ0) is 19.3. The van der Waals surface area contributed by atoms with Gasteiger partial charge in [0.2, 0.25) is 5.95 Å². The Labute approximate surface area is 164 Å². The molecule has 0 spiro atoms. The van der Waals surface area contributed by atoms with Gasteiger partial charge in [0.15, 0.2) is 0 Å². The Kier molecular flexibility index (Phi) is 5.19. The quantitative estimate of drug-likeness (QED) is 0.718. The summed E-state index contributed by atoms with van der Waals surface area (Å²) in [7, 11) is 1.65. The fourth-order valence-electron chi connectivity index (χ4n) is 3.39. The van der Waals surface area contributed by atoms with E-state index in [9.17, 15) is 4.79 Å². The van der Waals surface area contributed by atoms with Gasteiger partial charge in [0, 0.05) is 25.0 Å². The van der Waals surface area contributed by atoms with E-state index < -0.39 is 0 Å². The van der Waals surface area contributed by atoms with Crippen LogP contribution in [0.4, 0.5) is 11.6 Å². The van der Waals surface area contributed by atoms with E-state index in [1.165, 1.54) is 5.56 Å². The van der Waals surface area contributed by atoms with Crippen LogP contribution >= 0.6 is 0 Å². The Morgan fingerprint density at radius 1 is 1.18 bits per heavy atom. The standard InChI is InChI=1S/C22H22N4O2/c1-28-18-7-4-5-16(15-18)9-12-23-21(27)19-10-13-24-22(25-19)26-14-11-17-6-2-3-8-20(17)26/h2-8,10,13,15H,9,11-12,14H2,1H3,(H,23,27). The lowest BCUT2D eigenvalue weighted by Crippen LogP contribution is -2.27. The molecule has 2 aromatic carbocycles. The van der Waals surface area contributed by atoms with Crippen LogP contribution in [0, 0.1) is 0 Å². The second-order valence-electron chi connectivity index (χ2n) is 6.63. The molecule has 2 heterocycles. The van der Waals surface area contributed by atoms with Crippen molar-refractivity contribution in [3.8, 4) is 5.75 Å². The Hall–Kier alpha value is -3.41. The number of ether oxygens (including phenoxy) is 1. The first-order valence-corrected chi connectivity index (χ1v) is 9.34. The molecule has 0 bridgehead atoms. The molecule has 0 unspecified atom stereocenters. The van der Waals surface area contributed by atoms with Gasteiger partial charge >= 0.3 is 0 Å². The number of nitrogens with zero attached hydrogens (tertiary/aromatic N) is 3. The van der Waals surface area contributed by atoms with Crippen LogP contribution in [0.5, 0.6) is 5.75 Å². The van der Waals surface area contributed by atoms with Crippen molar-refractivity contribution < 1.29 is 9.53 Å². The molecule has 4 rings (SSSR count). The van der Waals surface area contributed by atoms with E-state index in [0.717, 1.165) is 36.4 Å². The van der Waals surface area contributed by atoms with Crippen molar-refractivity contribution in [2.24, 2.45) is 0 Å². The number of nitrogens with one attached hydrogen (secondary N) is 1. The molecule has 0 aliphatic carbocycles. The SMILES string of the molecule is COc1cccc(CCNC(=O)c2ccnc(N3CCc4ccccc43)n2)c1. The molecule has 28 heavy (non-hydrogen) atoms. The number of hydrogen-bond acceptors (Lipinski definition) is 5. The van der Waals surface area contributed by atoms with Crippen LogP contribution in [0.2, 0.25) is 0 Å². The number of carbonyl (C=O) groups is 1. The molecule has 0 fully saturated rings. The van der Waals surface area contributed by atoms with Gasteiger partial charge in [-0.2, -0.15) is 0 Å². The smallest absolute Gasteiger partial charge is 0.270 e. The van der Waals surface area contributed by atoms with Crippen LogP contribution in [0.3, 0.4) is 0 Å². The van der Waals surface area contributed by atoms with Crippen LogP contribution in [0.15, 0.2) is 60.8 Å². The van der Waals surface area contributed by atoms with Crippen molar-refractivity contribution in [1.82, 2.24) is 15.3 Å². The maximum absolute atomic E-state index is 12.5. The molecule has 3 aromatic rings. The first-order valence-electron chi connectivity index (χ1n) is 9.34. The lowest BCUT2D eigenvalue weighted by Gasteiger charge is -2.17. The van der Waals surface area contributed by atoms with Crippen LogP contribution in [-0.2, 0) is 12.8 Å². The number of fused-ring (bicyclic) bond motifs is 1. The van der Waals surface area contributed by atoms with Crippen molar-refractivity contribution in [3.63, 3.8) is 0 Å². The summed E-state index contributed by atoms with van der Waals surface area (Å²) in [6.07, 6.45) is 3.32. The van der Waals surface area contributed by atoms with Crippen molar-refractivity contribution in [3.05, 3.63) is 77.6 Å². The molecule has 6 nitrogen and oxygen atoms in total. The predicted octanol–water partition coefficient (Wildman–Crippen LogP) is 3.15. The molecule has 0 atom stereocenters. The van der Waals surface area contributed by atoms with Gasteiger partial charge in [-0.15, -0.1) is 0 Å². The van der Waals surface area contributed by atoms with E-state index in [-0.39, 0.29) is 5.91 Å². The van der Waals surface area contributed by atoms with Crippen LogP contribution in [-0.4, -0.2) is 36.1 Å². The Bertz CT molecular complexity index is 990. The highest BCUT2D eigenvalue weighted by Gasteiger charge is 2.22. The number of benzene rings is 2. The number of para-hydroxylation sites is 1. The van der Waals surface area contributed by atoms with Crippen molar-refractivity contribution in [2.75, 3.05) is 25.1 Å². The molecule has 142 valence electrons. The van der Waals surface area contributed by atoms with Crippen molar-refractivity contribution in [1.29, 1.82) is 0 Å². The summed E-state index contributed by atoms with van der Waals surface area (Å²) in [5.74, 6) is 1.18. The number of rotatable bonds is 6. The minimum Gasteiger partial charge on any atom is -0.497 e. The molecule has 0 saturated carbocycles. The van der Waals surface area contributed by atoms with E-state index in [4.69, 9.17) is 4.74 Å². The number of carbonyl (C=O) groups excluding carboxylic acids is 1. The first kappa shape index (κ1) is 18.0. The van der Waals surface area contributed by atoms with E-state index in [1.807, 2.05) is 36.4 Å². The molecule has 6 heteroatoms. The molecule has 0 radical (unpaired) electrons. The van der Waals surface area contributed by atoms with Gasteiger partial charge in [-0.05, 0) is 48.2 Å². The lowest BCUT2D eigenvalue weighted by atomic mass is 10.1. The van der Waals surface area contributed by atoms with E-state index in [2.05, 4.69) is 32.3 Å². The van der Waals surface area contributed by atoms with Gasteiger partial charge in [0.05, 0.1) is 7.11 Å². The Balaban J connectivity index is 1.41. The number of methoxy groups -OCH3 is 1. The van der Waals surface area contributed by atoms with Gasteiger partial charge in [0.1, 0.15) is 11.4 Å². The van der Waals surface area contributed by atoms with Gasteiger partial charge in [0.25, 0.3) is 5.91 Å². The topological polar surface area (TPSA) is 67.3 Å². The number of hydrogen-bond donors (Lipinski definition) is 1. The summed E-state index contributed by atoms with van der Waals surface area (Å²) in [5, 5.41) is 2.93. The minimum absolute atomic E-state index is 0.195. The zero-order valence-corrected chi connectivity index (χ0v) is 15.8. The van der Waals surface area contributed by atoms with Gasteiger partial charge < -0.3 is 15.0 Å². The molecular weight excluding hydrogens is 352 g/mol. The molecule has 0 saturated heterocycles. The molecule has 1 amide bonds. The fourth-order valence-corrected chi connectivity index (χ4v) is 3.39. The second kappa shape index (κ2) is 8.08. The minimum atomic E-state index is -0.195. The summed E-state index contributed by atoms with van der Waals surface area (Å²) >= 11 is 0. The van der Waals surface area contributed by atoms with E-state index in [1.54, 1.807) is 19.4 Å². The largest absolute Gasteiger partial charge is 0.497 e. The van der Waals surface area contributed by atoms with E-state index in [0.29, 0.717) is 18.2 Å². The molecule has 1 aromatic heterocycles. The van der Waals surface area contributed by atoms with Gasteiger partial charge in [-0.25, -0.2) is 9.97 Å². The monoisotopic (exact) mass is 374 g/mol. The third-order valence-electron chi connectivity index (χ3n) is 4.84. The average molecular weight is 374 g/mol. The third-order valence-corrected chi connectivity index (χ3v) is 4.84. The maximum Gasteiger partial charge on any atom is 0.270 e. The molecule has 1 aliphatic heterocycles. The zero-order valence-electron chi connectivity index (χ0n) is 15.8. The number of anilines is 2. The highest BCUT2D eigenvalue weighted by atomic mass is 16.5. The lowest BCUT2D eigenvalue weighted by molar-refractivity contribution is 0.0949. The molecule has 1 aliphatic rings. The normalized spacial score (nSPS) is 12.5. The predicted molar refractivity (Wildman–Crippen MR) is 108 cm³/mol. The van der Waals surface area contributed by atoms with Crippen molar-refractivity contribution >= 4 is 17.5 Å². The van der Waals surface area contributed by atoms with Crippen LogP contribution in [0.25, 0.3) is 0 Å². The molecular formula is C22H22N4O2. The number of aromatic nitrogens is 2. The Morgan fingerprint density at radius 3 is 2.96 bits per heavy atom. The second-order valence-corrected chi connectivity index (χ2v) is 6.63. The summed E-state index contributed by atoms with van der Waals surface area (Å²) in [5.41, 5.74) is 3.87. The first-order chi connectivity index (χ1) is 13.7. The average Bonchev–Trinajstić information content (AvgIpc) is 3.18. The third kappa shape index (κ3) is 3.81. The molecule has 1 N–H and O–H groups in total. The Morgan fingerprint density at radius 2 is 2.07 bits per heavy atom. The van der Waals surface area contributed by atoms with Gasteiger partial charge in [-0.1, -0.05) is 30.3 Å². The van der Waals surface area contributed by atoms with Crippen LogP contribution < -0.4 is 15.0 Å². The highest BCUT2D eigenvalue weighted by Crippen LogP contribution is 2.32. The van der Waals surface area contributed by atoms with Gasteiger partial charge in [-0.3, -0.25) is 4.79 Å². The van der Waals surface area contributed by atoms with Crippen LogP contribution in [0.1, 0.15) is 21.6 Å². The summed E-state index contributed by atoms with van der Waals surface area (Å²) in [4.78, 5) is 23.4. The van der Waals surface area contributed by atoms with E-state index >= 15 is 0 Å². The summed E-state index contributed by atoms with van der Waals surface area (Å²) < 4.78 is 5.23. The fraction of sp³-hybridized carbons (Fsp3) is 0.227. The highest BCUT2D eigenvalue weighted by molar-refractivity contribution is 5.92. The maximum atomic E-state index is 12.5. The number of amides is 1. The summed E-state index contributed by atoms with van der Waals surface area (Å²) in [6, 6.07) is 17.7. The summed E-state index contributed by atoms with van der Waals surface area (Å²) in [6.45, 7) is 1.35.